The van der Waals surface area contributed by atoms with Crippen LogP contribution in [-0.4, -0.2) is 38.4 Å². The molecule has 1 atom stereocenters. The maximum absolute atomic E-state index is 12.4. The minimum absolute atomic E-state index is 0.214. The highest BCUT2D eigenvalue weighted by molar-refractivity contribution is 7.84. The summed E-state index contributed by atoms with van der Waals surface area (Å²) in [5, 5.41) is 18.0. The van der Waals surface area contributed by atoms with Crippen LogP contribution in [0.4, 0.5) is 0 Å². The molecule has 0 spiro atoms. The molecule has 0 aliphatic carbocycles. The maximum Gasteiger partial charge on any atom is 0.337 e. The van der Waals surface area contributed by atoms with Crippen LogP contribution in [0.2, 0.25) is 0 Å². The number of nitrogens with one attached hydrogen (secondary N) is 2. The first-order chi connectivity index (χ1) is 13.0. The highest BCUT2D eigenvalue weighted by Crippen LogP contribution is 2.40. The molecule has 2 aliphatic rings. The van der Waals surface area contributed by atoms with Crippen molar-refractivity contribution in [3.63, 3.8) is 0 Å². The quantitative estimate of drug-likeness (QED) is 0.528. The van der Waals surface area contributed by atoms with Gasteiger partial charge in [-0.25, -0.2) is 4.79 Å². The number of allylic oxidation sites excluding steroid dienone is 2. The summed E-state index contributed by atoms with van der Waals surface area (Å²) in [4.78, 5) is 13.3. The van der Waals surface area contributed by atoms with E-state index in [1.165, 1.54) is 11.3 Å². The van der Waals surface area contributed by atoms with E-state index in [1.807, 2.05) is 17.5 Å². The second kappa shape index (κ2) is 10.5. The summed E-state index contributed by atoms with van der Waals surface area (Å²) < 4.78 is 10.3. The van der Waals surface area contributed by atoms with Crippen LogP contribution in [0.3, 0.4) is 0 Å². The number of dihydropyridines is 1. The number of ether oxygens (including phenoxy) is 2. The van der Waals surface area contributed by atoms with Crippen LogP contribution < -0.4 is 10.6 Å². The molecule has 0 bridgehead atoms. The zero-order valence-electron chi connectivity index (χ0n) is 15.7. The van der Waals surface area contributed by atoms with E-state index in [9.17, 15) is 10.1 Å². The molecular formula is C19H25N3O3S2. The number of hydrogen-bond acceptors (Lipinski definition) is 8. The van der Waals surface area contributed by atoms with Crippen molar-refractivity contribution in [2.45, 2.75) is 32.8 Å². The minimum atomic E-state index is -0.421. The van der Waals surface area contributed by atoms with Gasteiger partial charge < -0.3 is 20.1 Å². The lowest BCUT2D eigenvalue weighted by atomic mass is 9.87. The molecule has 0 saturated carbocycles. The van der Waals surface area contributed by atoms with E-state index in [4.69, 9.17) is 9.47 Å². The number of rotatable bonds is 3. The Bertz CT molecular complexity index is 733. The largest absolute Gasteiger partial charge is 0.460 e. The van der Waals surface area contributed by atoms with Crippen molar-refractivity contribution in [1.29, 1.82) is 5.26 Å². The molecule has 0 amide bonds. The predicted octanol–water partition coefficient (Wildman–Crippen LogP) is 2.93. The molecule has 3 heterocycles. The first kappa shape index (κ1) is 21.5. The molecule has 0 radical (unpaired) electrons. The van der Waals surface area contributed by atoms with Crippen LogP contribution in [0, 0.1) is 11.3 Å². The van der Waals surface area contributed by atoms with Crippen LogP contribution >= 0.6 is 24.0 Å². The number of morpholine rings is 1. The molecule has 1 saturated heterocycles. The minimum Gasteiger partial charge on any atom is -0.460 e. The number of hydrogen-bond donors (Lipinski definition) is 3. The van der Waals surface area contributed by atoms with Crippen LogP contribution in [-0.2, 0) is 14.3 Å². The summed E-state index contributed by atoms with van der Waals surface area (Å²) in [6.45, 7) is 9.23. The fourth-order valence-electron chi connectivity index (χ4n) is 2.73. The monoisotopic (exact) mass is 407 g/mol. The van der Waals surface area contributed by atoms with Gasteiger partial charge in [-0.15, -0.1) is 24.0 Å². The third-order valence-electron chi connectivity index (χ3n) is 3.90. The second-order valence-corrected chi connectivity index (χ2v) is 7.73. The summed E-state index contributed by atoms with van der Waals surface area (Å²) in [5.74, 6) is -0.822. The van der Waals surface area contributed by atoms with Gasteiger partial charge in [0.05, 0.1) is 47.5 Å². The standard InChI is InChI=1S/C15H16N2O2S2.C4H9NO/c1-8(2)19-15(18)12-9(3)17-14(20)10(7-16)13(12)11-5-4-6-21-11;1-3-6-4-2-5-1/h4-6,8,13,17,20H,1-3H3;5H,1-4H2. The van der Waals surface area contributed by atoms with Crippen molar-refractivity contribution in [1.82, 2.24) is 10.6 Å². The number of thiophene rings is 1. The highest BCUT2D eigenvalue weighted by atomic mass is 32.1. The molecular weight excluding hydrogens is 382 g/mol. The maximum atomic E-state index is 12.4. The molecule has 6 nitrogen and oxygen atoms in total. The Morgan fingerprint density at radius 1 is 1.44 bits per heavy atom. The number of nitrogens with zero attached hydrogens (tertiary/aromatic N) is 1. The third kappa shape index (κ3) is 5.84. The number of nitriles is 1. The van der Waals surface area contributed by atoms with Gasteiger partial charge in [0.1, 0.15) is 0 Å². The predicted molar refractivity (Wildman–Crippen MR) is 109 cm³/mol. The first-order valence-electron chi connectivity index (χ1n) is 8.79. The van der Waals surface area contributed by atoms with Gasteiger partial charge in [-0.3, -0.25) is 0 Å². The van der Waals surface area contributed by atoms with Gasteiger partial charge in [-0.1, -0.05) is 6.07 Å². The lowest BCUT2D eigenvalue weighted by molar-refractivity contribution is -0.143. The highest BCUT2D eigenvalue weighted by Gasteiger charge is 2.35. The third-order valence-corrected chi connectivity index (χ3v) is 5.19. The van der Waals surface area contributed by atoms with Crippen molar-refractivity contribution in [3.8, 4) is 6.07 Å². The summed E-state index contributed by atoms with van der Waals surface area (Å²) >= 11 is 5.83. The molecule has 146 valence electrons. The normalized spacial score (nSPS) is 19.8. The number of carbonyl (C=O) groups is 1. The lowest BCUT2D eigenvalue weighted by Gasteiger charge is -2.27. The van der Waals surface area contributed by atoms with Gasteiger partial charge in [0.2, 0.25) is 0 Å². The van der Waals surface area contributed by atoms with E-state index in [1.54, 1.807) is 20.8 Å². The van der Waals surface area contributed by atoms with Gasteiger partial charge >= 0.3 is 5.97 Å². The van der Waals surface area contributed by atoms with E-state index >= 15 is 0 Å². The Balaban J connectivity index is 0.000000369. The van der Waals surface area contributed by atoms with Crippen molar-refractivity contribution >= 4 is 29.9 Å². The van der Waals surface area contributed by atoms with Gasteiger partial charge in [-0.2, -0.15) is 5.26 Å². The smallest absolute Gasteiger partial charge is 0.337 e. The molecule has 27 heavy (non-hydrogen) atoms. The Morgan fingerprint density at radius 3 is 2.59 bits per heavy atom. The SMILES string of the molecule is C1COCCN1.CC1=C(C(=O)OC(C)C)C(c2cccs2)C(C#N)=C(S)N1. The summed E-state index contributed by atoms with van der Waals surface area (Å²) in [5.41, 5.74) is 1.57. The van der Waals surface area contributed by atoms with Crippen LogP contribution in [0.25, 0.3) is 0 Å². The number of esters is 1. The molecule has 1 unspecified atom stereocenters. The van der Waals surface area contributed by atoms with Crippen LogP contribution in [0.5, 0.6) is 0 Å². The molecule has 8 heteroatoms. The molecule has 2 N–H and O–H groups in total. The first-order valence-corrected chi connectivity index (χ1v) is 10.1. The van der Waals surface area contributed by atoms with Crippen molar-refractivity contribution < 1.29 is 14.3 Å². The van der Waals surface area contributed by atoms with E-state index in [0.29, 0.717) is 21.9 Å². The Labute approximate surface area is 169 Å². The lowest BCUT2D eigenvalue weighted by Crippen LogP contribution is -2.30. The molecule has 1 aromatic rings. The van der Waals surface area contributed by atoms with E-state index in [0.717, 1.165) is 31.2 Å². The molecule has 0 aromatic carbocycles. The van der Waals surface area contributed by atoms with Crippen molar-refractivity contribution in [2.75, 3.05) is 26.3 Å². The van der Waals surface area contributed by atoms with E-state index in [2.05, 4.69) is 29.3 Å². The average molecular weight is 408 g/mol. The molecule has 2 aliphatic heterocycles. The van der Waals surface area contributed by atoms with Gasteiger partial charge in [0.15, 0.2) is 0 Å². The summed E-state index contributed by atoms with van der Waals surface area (Å²) in [6, 6.07) is 5.97. The number of carbonyl (C=O) groups excluding carboxylic acids is 1. The van der Waals surface area contributed by atoms with Gasteiger partial charge in [0.25, 0.3) is 0 Å². The molecule has 1 fully saturated rings. The average Bonchev–Trinajstić information content (AvgIpc) is 3.16. The van der Waals surface area contributed by atoms with Crippen molar-refractivity contribution in [2.24, 2.45) is 0 Å². The zero-order valence-corrected chi connectivity index (χ0v) is 17.5. The fraction of sp³-hybridized carbons (Fsp3) is 0.474. The van der Waals surface area contributed by atoms with Crippen LogP contribution in [0.1, 0.15) is 31.6 Å². The Kier molecular flexibility index (Phi) is 8.38. The molecule has 3 rings (SSSR count). The topological polar surface area (TPSA) is 83.4 Å². The second-order valence-electron chi connectivity index (χ2n) is 6.30. The van der Waals surface area contributed by atoms with E-state index in [-0.39, 0.29) is 6.10 Å². The summed E-state index contributed by atoms with van der Waals surface area (Å²) in [7, 11) is 0. The van der Waals surface area contributed by atoms with Gasteiger partial charge in [0, 0.05) is 23.7 Å². The molecule has 1 aromatic heterocycles. The Hall–Kier alpha value is -1.79. The van der Waals surface area contributed by atoms with Gasteiger partial charge in [-0.05, 0) is 32.2 Å². The fourth-order valence-corrected chi connectivity index (χ4v) is 3.92. The zero-order chi connectivity index (χ0) is 19.8. The van der Waals surface area contributed by atoms with Crippen molar-refractivity contribution in [3.05, 3.63) is 44.3 Å². The Morgan fingerprint density at radius 2 is 2.15 bits per heavy atom. The van der Waals surface area contributed by atoms with Crippen LogP contribution in [0.15, 0.2) is 39.4 Å². The summed E-state index contributed by atoms with van der Waals surface area (Å²) in [6.07, 6.45) is -0.214. The van der Waals surface area contributed by atoms with E-state index < -0.39 is 11.9 Å². The number of thiol groups is 1.